The van der Waals surface area contributed by atoms with Crippen LogP contribution in [0.15, 0.2) is 0 Å². The molecule has 0 rings (SSSR count). The highest BCUT2D eigenvalue weighted by molar-refractivity contribution is 6.02. The second kappa shape index (κ2) is 17.6. The Morgan fingerprint density at radius 2 is 0.825 bits per heavy atom. The van der Waals surface area contributed by atoms with Gasteiger partial charge in [0.2, 0.25) is 0 Å². The van der Waals surface area contributed by atoms with Gasteiger partial charge in [-0.1, -0.05) is 83.1 Å². The van der Waals surface area contributed by atoms with E-state index in [4.69, 9.17) is 18.9 Å². The summed E-state index contributed by atoms with van der Waals surface area (Å²) in [6.45, 7) is 27.8. The van der Waals surface area contributed by atoms with E-state index < -0.39 is 45.5 Å². The molecule has 0 atom stereocenters. The number of rotatable bonds is 14. The van der Waals surface area contributed by atoms with Gasteiger partial charge in [-0.3, -0.25) is 19.2 Å². The molecule has 0 aliphatic rings. The summed E-state index contributed by atoms with van der Waals surface area (Å²) in [7, 11) is 0. The molecule has 0 aromatic carbocycles. The maximum atomic E-state index is 12.6. The Labute approximate surface area is 244 Å². The van der Waals surface area contributed by atoms with E-state index in [1.54, 1.807) is 13.8 Å². The molecular formula is C32H60O8. The van der Waals surface area contributed by atoms with E-state index in [-0.39, 0.29) is 25.0 Å². The maximum absolute atomic E-state index is 12.6. The Hall–Kier alpha value is -2.12. The summed E-state index contributed by atoms with van der Waals surface area (Å²) in [5.74, 6) is -1.43. The van der Waals surface area contributed by atoms with Crippen molar-refractivity contribution >= 4 is 23.9 Å². The van der Waals surface area contributed by atoms with Crippen LogP contribution in [0.1, 0.15) is 123 Å². The summed E-state index contributed by atoms with van der Waals surface area (Å²) >= 11 is 0. The molecule has 0 aromatic rings. The maximum Gasteiger partial charge on any atom is 0.324 e. The normalized spacial score (nSPS) is 12.4. The van der Waals surface area contributed by atoms with Crippen molar-refractivity contribution in [2.24, 2.45) is 33.5 Å². The number of esters is 4. The van der Waals surface area contributed by atoms with Gasteiger partial charge in [0.15, 0.2) is 10.8 Å². The zero-order chi connectivity index (χ0) is 31.9. The number of carbonyl (C=O) groups excluding carboxylic acids is 4. The standard InChI is InChI=1S/C17H32O4.C15H28O4/c1-7-9-20-15(18)17(11-13(3)4,12-14(5)6)16(19)21-10-8-2;1-9-18-11(16)15(13(3,4)5,14(6,7)8)12(17)19-10-2/h13-14H,7-12H2,1-6H3;9-10H2,1-8H3. The van der Waals surface area contributed by atoms with Crippen molar-refractivity contribution in [3.05, 3.63) is 0 Å². The minimum Gasteiger partial charge on any atom is -0.465 e. The first-order valence-corrected chi connectivity index (χ1v) is 14.9. The van der Waals surface area contributed by atoms with Gasteiger partial charge in [0, 0.05) is 0 Å². The van der Waals surface area contributed by atoms with E-state index in [0.717, 1.165) is 12.8 Å². The molecule has 0 unspecified atom stereocenters. The van der Waals surface area contributed by atoms with Crippen molar-refractivity contribution in [3.63, 3.8) is 0 Å². The van der Waals surface area contributed by atoms with Gasteiger partial charge in [-0.2, -0.15) is 0 Å². The lowest BCUT2D eigenvalue weighted by atomic mass is 9.54. The van der Waals surface area contributed by atoms with Gasteiger partial charge in [0.25, 0.3) is 0 Å². The van der Waals surface area contributed by atoms with Crippen molar-refractivity contribution in [1.29, 1.82) is 0 Å². The third-order valence-electron chi connectivity index (χ3n) is 6.58. The van der Waals surface area contributed by atoms with E-state index in [2.05, 4.69) is 0 Å². The van der Waals surface area contributed by atoms with E-state index in [1.165, 1.54) is 0 Å². The molecule has 0 radical (unpaired) electrons. The Kier molecular flexibility index (Phi) is 17.6. The fourth-order valence-electron chi connectivity index (χ4n) is 5.47. The van der Waals surface area contributed by atoms with Crippen LogP contribution in [0.5, 0.6) is 0 Å². The van der Waals surface area contributed by atoms with E-state index in [9.17, 15) is 19.2 Å². The van der Waals surface area contributed by atoms with E-state index >= 15 is 0 Å². The van der Waals surface area contributed by atoms with Crippen molar-refractivity contribution in [1.82, 2.24) is 0 Å². The molecule has 0 heterocycles. The summed E-state index contributed by atoms with van der Waals surface area (Å²) in [6, 6.07) is 0. The number of carbonyl (C=O) groups is 4. The van der Waals surface area contributed by atoms with E-state index in [1.807, 2.05) is 83.1 Å². The fraction of sp³-hybridized carbons (Fsp3) is 0.875. The van der Waals surface area contributed by atoms with Crippen LogP contribution in [-0.4, -0.2) is 50.3 Å². The summed E-state index contributed by atoms with van der Waals surface area (Å²) in [5.41, 5.74) is -3.70. The van der Waals surface area contributed by atoms with Crippen LogP contribution in [0.2, 0.25) is 0 Å². The quantitative estimate of drug-likeness (QED) is 0.123. The summed E-state index contributed by atoms with van der Waals surface area (Å²) in [4.78, 5) is 50.3. The van der Waals surface area contributed by atoms with Crippen LogP contribution in [0.4, 0.5) is 0 Å². The van der Waals surface area contributed by atoms with Crippen LogP contribution < -0.4 is 0 Å². The summed E-state index contributed by atoms with van der Waals surface area (Å²) in [6.07, 6.45) is 2.43. The van der Waals surface area contributed by atoms with Crippen LogP contribution in [0.3, 0.4) is 0 Å². The molecule has 0 saturated carbocycles. The molecule has 0 bridgehead atoms. The van der Waals surface area contributed by atoms with Crippen LogP contribution in [0.25, 0.3) is 0 Å². The SMILES string of the molecule is CCCOC(=O)C(CC(C)C)(CC(C)C)C(=O)OCCC.CCOC(=O)C(C(=O)OCC)(C(C)(C)C)C(C)(C)C. The lowest BCUT2D eigenvalue weighted by Crippen LogP contribution is -2.59. The van der Waals surface area contributed by atoms with Crippen molar-refractivity contribution in [2.45, 2.75) is 123 Å². The molecule has 0 aliphatic carbocycles. The number of ether oxygens (including phenoxy) is 4. The first kappa shape index (κ1) is 40.0. The van der Waals surface area contributed by atoms with Crippen molar-refractivity contribution in [2.75, 3.05) is 26.4 Å². The smallest absolute Gasteiger partial charge is 0.324 e. The van der Waals surface area contributed by atoms with Gasteiger partial charge >= 0.3 is 23.9 Å². The minimum atomic E-state index is -1.33. The molecule has 0 aliphatic heterocycles. The van der Waals surface area contributed by atoms with Gasteiger partial charge in [-0.25, -0.2) is 0 Å². The lowest BCUT2D eigenvalue weighted by Gasteiger charge is -2.48. The zero-order valence-electron chi connectivity index (χ0n) is 28.1. The highest BCUT2D eigenvalue weighted by atomic mass is 16.6. The van der Waals surface area contributed by atoms with Gasteiger partial charge in [0.1, 0.15) is 0 Å². The van der Waals surface area contributed by atoms with E-state index in [0.29, 0.717) is 26.1 Å². The fourth-order valence-corrected chi connectivity index (χ4v) is 5.47. The third kappa shape index (κ3) is 10.7. The van der Waals surface area contributed by atoms with Crippen LogP contribution in [0, 0.1) is 33.5 Å². The monoisotopic (exact) mass is 572 g/mol. The number of hydrogen-bond acceptors (Lipinski definition) is 8. The zero-order valence-corrected chi connectivity index (χ0v) is 28.1. The Balaban J connectivity index is 0. The van der Waals surface area contributed by atoms with Crippen LogP contribution in [-0.2, 0) is 38.1 Å². The molecule has 236 valence electrons. The van der Waals surface area contributed by atoms with Gasteiger partial charge in [-0.15, -0.1) is 0 Å². The Morgan fingerprint density at radius 3 is 1.02 bits per heavy atom. The molecular weight excluding hydrogens is 512 g/mol. The molecule has 0 aromatic heterocycles. The highest BCUT2D eigenvalue weighted by Crippen LogP contribution is 2.53. The topological polar surface area (TPSA) is 105 Å². The van der Waals surface area contributed by atoms with Crippen LogP contribution >= 0.6 is 0 Å². The summed E-state index contributed by atoms with van der Waals surface area (Å²) < 4.78 is 21.0. The first-order valence-electron chi connectivity index (χ1n) is 14.9. The van der Waals surface area contributed by atoms with Gasteiger partial charge in [-0.05, 0) is 62.2 Å². The molecule has 40 heavy (non-hydrogen) atoms. The highest BCUT2D eigenvalue weighted by Gasteiger charge is 2.64. The Bertz CT molecular complexity index is 718. The number of hydrogen-bond donors (Lipinski definition) is 0. The average molecular weight is 573 g/mol. The second-order valence-electron chi connectivity index (χ2n) is 13.2. The van der Waals surface area contributed by atoms with Gasteiger partial charge < -0.3 is 18.9 Å². The largest absolute Gasteiger partial charge is 0.465 e. The third-order valence-corrected chi connectivity index (χ3v) is 6.58. The molecule has 8 nitrogen and oxygen atoms in total. The summed E-state index contributed by atoms with van der Waals surface area (Å²) in [5, 5.41) is 0. The van der Waals surface area contributed by atoms with Gasteiger partial charge in [0.05, 0.1) is 26.4 Å². The predicted octanol–water partition coefficient (Wildman–Crippen LogP) is 7.16. The molecule has 0 spiro atoms. The molecule has 0 N–H and O–H groups in total. The molecule has 8 heteroatoms. The van der Waals surface area contributed by atoms with Crippen molar-refractivity contribution < 1.29 is 38.1 Å². The molecule has 0 saturated heterocycles. The molecule has 0 amide bonds. The lowest BCUT2D eigenvalue weighted by molar-refractivity contribution is -0.194. The first-order chi connectivity index (χ1) is 18.3. The predicted molar refractivity (Wildman–Crippen MR) is 158 cm³/mol. The minimum absolute atomic E-state index is 0.215. The molecule has 0 fully saturated rings. The van der Waals surface area contributed by atoms with Crippen molar-refractivity contribution in [3.8, 4) is 0 Å². The Morgan fingerprint density at radius 1 is 0.525 bits per heavy atom. The average Bonchev–Trinajstić information content (AvgIpc) is 2.78. The second-order valence-corrected chi connectivity index (χ2v) is 13.2.